The number of carbonyl (C=O) groups is 1. The van der Waals surface area contributed by atoms with Crippen molar-refractivity contribution in [2.45, 2.75) is 25.6 Å². The minimum absolute atomic E-state index is 0.0302. The fourth-order valence-corrected chi connectivity index (χ4v) is 4.64. The van der Waals surface area contributed by atoms with Crippen LogP contribution >= 0.6 is 0 Å². The highest BCUT2D eigenvalue weighted by Crippen LogP contribution is 2.29. The van der Waals surface area contributed by atoms with E-state index in [-0.39, 0.29) is 18.6 Å². The number of likely N-dealkylation sites (tertiary alicyclic amines) is 1. The highest BCUT2D eigenvalue weighted by molar-refractivity contribution is 5.87. The van der Waals surface area contributed by atoms with Gasteiger partial charge in [0.2, 0.25) is 5.91 Å². The summed E-state index contributed by atoms with van der Waals surface area (Å²) in [7, 11) is 0. The minimum Gasteiger partial charge on any atom is -0.490 e. The van der Waals surface area contributed by atoms with Gasteiger partial charge in [-0.1, -0.05) is 36.9 Å². The Morgan fingerprint density at radius 1 is 1.03 bits per heavy atom. The van der Waals surface area contributed by atoms with Gasteiger partial charge in [-0.3, -0.25) is 9.78 Å². The van der Waals surface area contributed by atoms with Gasteiger partial charge in [-0.05, 0) is 36.4 Å². The van der Waals surface area contributed by atoms with Gasteiger partial charge in [0, 0.05) is 49.1 Å². The van der Waals surface area contributed by atoms with Crippen molar-refractivity contribution < 1.29 is 14.3 Å². The van der Waals surface area contributed by atoms with Crippen LogP contribution in [0.5, 0.6) is 11.5 Å². The molecule has 0 bridgehead atoms. The standard InChI is InChI=1S/C29H26N6O3/c1-2-29(36)34-16-13-21(14-17-34)38-22-8-9-23-25(18-22)30-15-12-26(23)37-19-28-32-31-27-11-10-24(33-35(27)28)20-6-4-3-5-7-20/h2-12,15,18,21H,1,13-14,16-17,19H2. The number of aromatic nitrogens is 5. The number of hydrogen-bond donors (Lipinski definition) is 0. The smallest absolute Gasteiger partial charge is 0.245 e. The van der Waals surface area contributed by atoms with E-state index in [9.17, 15) is 4.79 Å². The Labute approximate surface area is 219 Å². The summed E-state index contributed by atoms with van der Waals surface area (Å²) in [6, 6.07) is 21.5. The predicted octanol–water partition coefficient (Wildman–Crippen LogP) is 4.47. The number of carbonyl (C=O) groups excluding carboxylic acids is 1. The van der Waals surface area contributed by atoms with Crippen molar-refractivity contribution in [2.24, 2.45) is 0 Å². The third-order valence-corrected chi connectivity index (χ3v) is 6.66. The number of rotatable bonds is 7. The van der Waals surface area contributed by atoms with Crippen LogP contribution in [0.15, 0.2) is 85.6 Å². The van der Waals surface area contributed by atoms with E-state index in [1.165, 1.54) is 6.08 Å². The Morgan fingerprint density at radius 3 is 2.68 bits per heavy atom. The summed E-state index contributed by atoms with van der Waals surface area (Å²) >= 11 is 0. The van der Waals surface area contributed by atoms with Crippen LogP contribution in [0, 0.1) is 0 Å². The maximum absolute atomic E-state index is 11.8. The van der Waals surface area contributed by atoms with Crippen LogP contribution in [-0.4, -0.2) is 54.8 Å². The second-order valence-electron chi connectivity index (χ2n) is 9.09. The van der Waals surface area contributed by atoms with Crippen LogP contribution in [0.2, 0.25) is 0 Å². The van der Waals surface area contributed by atoms with Crippen LogP contribution in [0.25, 0.3) is 27.8 Å². The summed E-state index contributed by atoms with van der Waals surface area (Å²) in [4.78, 5) is 18.1. The Hall–Kier alpha value is -4.79. The summed E-state index contributed by atoms with van der Waals surface area (Å²) in [5.41, 5.74) is 3.28. The van der Waals surface area contributed by atoms with Gasteiger partial charge in [-0.15, -0.1) is 10.2 Å². The van der Waals surface area contributed by atoms with Gasteiger partial charge >= 0.3 is 0 Å². The van der Waals surface area contributed by atoms with E-state index in [1.54, 1.807) is 15.6 Å². The average molecular weight is 507 g/mol. The van der Waals surface area contributed by atoms with E-state index in [2.05, 4.69) is 21.8 Å². The molecule has 0 aliphatic carbocycles. The largest absolute Gasteiger partial charge is 0.490 e. The Balaban J connectivity index is 1.16. The normalized spacial score (nSPS) is 14.1. The van der Waals surface area contributed by atoms with E-state index in [4.69, 9.17) is 14.6 Å². The lowest BCUT2D eigenvalue weighted by molar-refractivity contribution is -0.127. The molecule has 5 aromatic rings. The first-order valence-electron chi connectivity index (χ1n) is 12.5. The fourth-order valence-electron chi connectivity index (χ4n) is 4.64. The van der Waals surface area contributed by atoms with E-state index in [0.29, 0.717) is 30.3 Å². The molecular formula is C29H26N6O3. The molecule has 0 unspecified atom stereocenters. The highest BCUT2D eigenvalue weighted by Gasteiger charge is 2.22. The number of amides is 1. The van der Waals surface area contributed by atoms with Crippen molar-refractivity contribution in [1.82, 2.24) is 29.7 Å². The molecule has 1 aliphatic heterocycles. The van der Waals surface area contributed by atoms with Gasteiger partial charge in [0.15, 0.2) is 11.5 Å². The second-order valence-corrected chi connectivity index (χ2v) is 9.09. The van der Waals surface area contributed by atoms with Crippen molar-refractivity contribution in [3.8, 4) is 22.8 Å². The molecule has 190 valence electrons. The van der Waals surface area contributed by atoms with E-state index in [0.717, 1.165) is 40.8 Å². The minimum atomic E-state index is -0.0302. The molecule has 9 heteroatoms. The second kappa shape index (κ2) is 10.3. The predicted molar refractivity (Wildman–Crippen MR) is 143 cm³/mol. The number of pyridine rings is 1. The average Bonchev–Trinajstić information content (AvgIpc) is 3.38. The molecule has 38 heavy (non-hydrogen) atoms. The van der Waals surface area contributed by atoms with Gasteiger partial charge in [-0.2, -0.15) is 9.61 Å². The van der Waals surface area contributed by atoms with Gasteiger partial charge in [0.05, 0.1) is 11.2 Å². The van der Waals surface area contributed by atoms with Crippen LogP contribution in [0.3, 0.4) is 0 Å². The quantitative estimate of drug-likeness (QED) is 0.301. The first-order chi connectivity index (χ1) is 18.7. The molecule has 0 N–H and O–H groups in total. The van der Waals surface area contributed by atoms with Crippen LogP contribution < -0.4 is 9.47 Å². The zero-order valence-electron chi connectivity index (χ0n) is 20.7. The topological polar surface area (TPSA) is 94.7 Å². The van der Waals surface area contributed by atoms with Crippen LogP contribution in [0.1, 0.15) is 18.7 Å². The van der Waals surface area contributed by atoms with Gasteiger partial charge in [-0.25, -0.2) is 0 Å². The van der Waals surface area contributed by atoms with Gasteiger partial charge in [0.25, 0.3) is 0 Å². The lowest BCUT2D eigenvalue weighted by Crippen LogP contribution is -2.41. The lowest BCUT2D eigenvalue weighted by Gasteiger charge is -2.31. The maximum Gasteiger partial charge on any atom is 0.245 e. The third kappa shape index (κ3) is 4.78. The van der Waals surface area contributed by atoms with Crippen LogP contribution in [0.4, 0.5) is 0 Å². The molecular weight excluding hydrogens is 480 g/mol. The zero-order chi connectivity index (χ0) is 25.9. The summed E-state index contributed by atoms with van der Waals surface area (Å²) in [6.45, 7) is 5.09. The van der Waals surface area contributed by atoms with E-state index >= 15 is 0 Å². The maximum atomic E-state index is 11.8. The lowest BCUT2D eigenvalue weighted by atomic mass is 10.1. The zero-order valence-corrected chi connectivity index (χ0v) is 20.7. The van der Waals surface area contributed by atoms with Crippen molar-refractivity contribution in [2.75, 3.05) is 13.1 Å². The van der Waals surface area contributed by atoms with E-state index in [1.807, 2.05) is 66.7 Å². The van der Waals surface area contributed by atoms with Crippen molar-refractivity contribution in [3.63, 3.8) is 0 Å². The SMILES string of the molecule is C=CC(=O)N1CCC(Oc2ccc3c(OCc4nnc5ccc(-c6ccccc6)nn45)ccnc3c2)CC1. The third-order valence-electron chi connectivity index (χ3n) is 6.66. The number of nitrogens with zero attached hydrogens (tertiary/aromatic N) is 6. The monoisotopic (exact) mass is 506 g/mol. The first kappa shape index (κ1) is 23.6. The molecule has 3 aromatic heterocycles. The molecule has 1 aliphatic rings. The van der Waals surface area contributed by atoms with Gasteiger partial charge < -0.3 is 14.4 Å². The molecule has 1 amide bonds. The molecule has 0 spiro atoms. The van der Waals surface area contributed by atoms with E-state index < -0.39 is 0 Å². The molecule has 2 aromatic carbocycles. The number of fused-ring (bicyclic) bond motifs is 2. The molecule has 1 fully saturated rings. The van der Waals surface area contributed by atoms with Gasteiger partial charge in [0.1, 0.15) is 24.2 Å². The summed E-state index contributed by atoms with van der Waals surface area (Å²) in [6.07, 6.45) is 4.69. The molecule has 0 atom stereocenters. The van der Waals surface area contributed by atoms with Crippen molar-refractivity contribution >= 4 is 22.5 Å². The van der Waals surface area contributed by atoms with Crippen LogP contribution in [-0.2, 0) is 11.4 Å². The molecule has 1 saturated heterocycles. The molecule has 6 rings (SSSR count). The molecule has 0 radical (unpaired) electrons. The molecule has 9 nitrogen and oxygen atoms in total. The van der Waals surface area contributed by atoms with Crippen molar-refractivity contribution in [3.05, 3.63) is 91.4 Å². The Kier molecular flexibility index (Phi) is 6.39. The van der Waals surface area contributed by atoms with Crippen molar-refractivity contribution in [1.29, 1.82) is 0 Å². The number of piperidine rings is 1. The number of ether oxygens (including phenoxy) is 2. The highest BCUT2D eigenvalue weighted by atomic mass is 16.5. The summed E-state index contributed by atoms with van der Waals surface area (Å²) < 4.78 is 14.1. The summed E-state index contributed by atoms with van der Waals surface area (Å²) in [5.74, 6) is 2.01. The summed E-state index contributed by atoms with van der Waals surface area (Å²) in [5, 5.41) is 14.1. The number of benzene rings is 2. The molecule has 4 heterocycles. The Bertz CT molecular complexity index is 1610. The molecule has 0 saturated carbocycles. The first-order valence-corrected chi connectivity index (χ1v) is 12.5. The fraction of sp³-hybridized carbons (Fsp3) is 0.207. The number of hydrogen-bond acceptors (Lipinski definition) is 7. The Morgan fingerprint density at radius 2 is 1.87 bits per heavy atom.